The summed E-state index contributed by atoms with van der Waals surface area (Å²) in [5, 5.41) is 16.4. The third-order valence-corrected chi connectivity index (χ3v) is 4.07. The molecule has 0 saturated heterocycles. The molecule has 3 N–H and O–H groups in total. The standard InChI is InChI=1S/C16H32N2O3/c1-6-16(5,20)11-18-13-9-7-8-12(13)10-17-14(19)21-15(2,3)4/h12-13,18,20H,6-11H2,1-5H3,(H,17,19). The van der Waals surface area contributed by atoms with Crippen molar-refractivity contribution in [2.75, 3.05) is 13.1 Å². The Hall–Kier alpha value is -0.810. The van der Waals surface area contributed by atoms with Crippen LogP contribution < -0.4 is 10.6 Å². The van der Waals surface area contributed by atoms with Gasteiger partial charge in [0.25, 0.3) is 0 Å². The van der Waals surface area contributed by atoms with Crippen LogP contribution in [0.5, 0.6) is 0 Å². The fraction of sp³-hybridized carbons (Fsp3) is 0.938. The van der Waals surface area contributed by atoms with E-state index in [1.807, 2.05) is 34.6 Å². The van der Waals surface area contributed by atoms with E-state index < -0.39 is 11.2 Å². The zero-order valence-corrected chi connectivity index (χ0v) is 14.2. The fourth-order valence-corrected chi connectivity index (χ4v) is 2.55. The molecule has 0 aromatic heterocycles. The quantitative estimate of drug-likeness (QED) is 0.704. The van der Waals surface area contributed by atoms with Gasteiger partial charge in [0.2, 0.25) is 0 Å². The van der Waals surface area contributed by atoms with Crippen molar-refractivity contribution in [2.24, 2.45) is 5.92 Å². The highest BCUT2D eigenvalue weighted by molar-refractivity contribution is 5.67. The van der Waals surface area contributed by atoms with Crippen molar-refractivity contribution in [3.05, 3.63) is 0 Å². The topological polar surface area (TPSA) is 70.6 Å². The minimum absolute atomic E-state index is 0.353. The van der Waals surface area contributed by atoms with E-state index in [9.17, 15) is 9.90 Å². The van der Waals surface area contributed by atoms with E-state index in [0.29, 0.717) is 25.0 Å². The monoisotopic (exact) mass is 300 g/mol. The number of hydrogen-bond acceptors (Lipinski definition) is 4. The van der Waals surface area contributed by atoms with Crippen molar-refractivity contribution >= 4 is 6.09 Å². The van der Waals surface area contributed by atoms with Gasteiger partial charge in [-0.15, -0.1) is 0 Å². The molecule has 5 heteroatoms. The lowest BCUT2D eigenvalue weighted by atomic mass is 10.00. The number of aliphatic hydroxyl groups is 1. The lowest BCUT2D eigenvalue weighted by molar-refractivity contribution is 0.0477. The number of rotatable bonds is 6. The summed E-state index contributed by atoms with van der Waals surface area (Å²) < 4.78 is 5.25. The van der Waals surface area contributed by atoms with E-state index in [-0.39, 0.29) is 6.09 Å². The second kappa shape index (κ2) is 7.45. The minimum Gasteiger partial charge on any atom is -0.444 e. The van der Waals surface area contributed by atoms with E-state index in [1.54, 1.807) is 0 Å². The summed E-state index contributed by atoms with van der Waals surface area (Å²) in [5.41, 5.74) is -1.12. The summed E-state index contributed by atoms with van der Waals surface area (Å²) in [4.78, 5) is 11.7. The maximum Gasteiger partial charge on any atom is 0.407 e. The summed E-state index contributed by atoms with van der Waals surface area (Å²) in [7, 11) is 0. The van der Waals surface area contributed by atoms with Crippen LogP contribution in [0.25, 0.3) is 0 Å². The number of amides is 1. The molecule has 0 aromatic rings. The Kier molecular flexibility index (Phi) is 6.47. The maximum absolute atomic E-state index is 11.7. The van der Waals surface area contributed by atoms with Crippen LogP contribution in [0.3, 0.4) is 0 Å². The summed E-state index contributed by atoms with van der Waals surface area (Å²) >= 11 is 0. The molecule has 5 nitrogen and oxygen atoms in total. The van der Waals surface area contributed by atoms with Gasteiger partial charge in [0, 0.05) is 19.1 Å². The number of ether oxygens (including phenoxy) is 1. The van der Waals surface area contributed by atoms with Gasteiger partial charge in [0.1, 0.15) is 5.60 Å². The van der Waals surface area contributed by atoms with Crippen LogP contribution in [-0.4, -0.2) is 41.5 Å². The number of carbonyl (C=O) groups is 1. The molecule has 0 aromatic carbocycles. The minimum atomic E-state index is -0.661. The molecule has 1 saturated carbocycles. The average Bonchev–Trinajstić information content (AvgIpc) is 2.79. The highest BCUT2D eigenvalue weighted by Crippen LogP contribution is 2.25. The first-order valence-corrected chi connectivity index (χ1v) is 8.05. The van der Waals surface area contributed by atoms with Gasteiger partial charge in [-0.05, 0) is 52.9 Å². The Labute approximate surface area is 128 Å². The van der Waals surface area contributed by atoms with E-state index in [0.717, 1.165) is 25.7 Å². The van der Waals surface area contributed by atoms with Crippen LogP contribution in [0, 0.1) is 5.92 Å². The van der Waals surface area contributed by atoms with Crippen LogP contribution in [0.2, 0.25) is 0 Å². The Morgan fingerprint density at radius 2 is 1.95 bits per heavy atom. The molecule has 1 amide bonds. The van der Waals surface area contributed by atoms with Gasteiger partial charge >= 0.3 is 6.09 Å². The average molecular weight is 300 g/mol. The Bertz CT molecular complexity index is 337. The zero-order valence-electron chi connectivity index (χ0n) is 14.2. The lowest BCUT2D eigenvalue weighted by Crippen LogP contribution is -2.46. The molecular weight excluding hydrogens is 268 g/mol. The van der Waals surface area contributed by atoms with Crippen molar-refractivity contribution in [3.8, 4) is 0 Å². The Morgan fingerprint density at radius 1 is 1.29 bits per heavy atom. The molecule has 124 valence electrons. The molecule has 0 bridgehead atoms. The molecule has 0 heterocycles. The Balaban J connectivity index is 2.35. The first-order valence-electron chi connectivity index (χ1n) is 8.05. The van der Waals surface area contributed by atoms with Gasteiger partial charge in [-0.25, -0.2) is 4.79 Å². The van der Waals surface area contributed by atoms with E-state index in [1.165, 1.54) is 0 Å². The van der Waals surface area contributed by atoms with Gasteiger partial charge in [0.15, 0.2) is 0 Å². The fourth-order valence-electron chi connectivity index (χ4n) is 2.55. The molecular formula is C16H32N2O3. The summed E-state index contributed by atoms with van der Waals surface area (Å²) in [5.74, 6) is 0.408. The van der Waals surface area contributed by atoms with E-state index >= 15 is 0 Å². The van der Waals surface area contributed by atoms with Gasteiger partial charge < -0.3 is 20.5 Å². The molecule has 0 aliphatic heterocycles. The molecule has 0 radical (unpaired) electrons. The van der Waals surface area contributed by atoms with E-state index in [4.69, 9.17) is 4.74 Å². The van der Waals surface area contributed by atoms with Gasteiger partial charge in [0.05, 0.1) is 5.60 Å². The third kappa shape index (κ3) is 7.14. The maximum atomic E-state index is 11.7. The second-order valence-electron chi connectivity index (χ2n) is 7.41. The van der Waals surface area contributed by atoms with Gasteiger partial charge in [-0.1, -0.05) is 13.3 Å². The predicted octanol–water partition coefficient (Wildman–Crippen LogP) is 2.43. The smallest absolute Gasteiger partial charge is 0.407 e. The summed E-state index contributed by atoms with van der Waals surface area (Å²) in [6.07, 6.45) is 3.73. The number of hydrogen-bond donors (Lipinski definition) is 3. The van der Waals surface area contributed by atoms with Crippen molar-refractivity contribution in [3.63, 3.8) is 0 Å². The molecule has 21 heavy (non-hydrogen) atoms. The zero-order chi connectivity index (χ0) is 16.1. The first-order chi connectivity index (χ1) is 9.63. The van der Waals surface area contributed by atoms with Crippen molar-refractivity contribution in [1.82, 2.24) is 10.6 Å². The van der Waals surface area contributed by atoms with Crippen molar-refractivity contribution < 1.29 is 14.6 Å². The summed E-state index contributed by atoms with van der Waals surface area (Å²) in [6.45, 7) is 10.6. The summed E-state index contributed by atoms with van der Waals surface area (Å²) in [6, 6.07) is 0.359. The molecule has 3 atom stereocenters. The van der Waals surface area contributed by atoms with Crippen molar-refractivity contribution in [2.45, 2.75) is 77.5 Å². The van der Waals surface area contributed by atoms with Gasteiger partial charge in [-0.3, -0.25) is 0 Å². The third-order valence-electron chi connectivity index (χ3n) is 4.07. The molecule has 1 rings (SSSR count). The molecule has 3 unspecified atom stereocenters. The Morgan fingerprint density at radius 3 is 2.52 bits per heavy atom. The highest BCUT2D eigenvalue weighted by Gasteiger charge is 2.29. The SMILES string of the molecule is CCC(C)(O)CNC1CCCC1CNC(=O)OC(C)(C)C. The lowest BCUT2D eigenvalue weighted by Gasteiger charge is -2.28. The normalized spacial score (nSPS) is 25.4. The number of carbonyl (C=O) groups excluding carboxylic acids is 1. The van der Waals surface area contributed by atoms with Crippen LogP contribution in [0.1, 0.15) is 60.3 Å². The van der Waals surface area contributed by atoms with Crippen molar-refractivity contribution in [1.29, 1.82) is 0 Å². The van der Waals surface area contributed by atoms with E-state index in [2.05, 4.69) is 10.6 Å². The van der Waals surface area contributed by atoms with Crippen LogP contribution in [0.4, 0.5) is 4.79 Å². The largest absolute Gasteiger partial charge is 0.444 e. The first kappa shape index (κ1) is 18.2. The van der Waals surface area contributed by atoms with Gasteiger partial charge in [-0.2, -0.15) is 0 Å². The number of alkyl carbamates (subject to hydrolysis) is 1. The molecule has 1 aliphatic carbocycles. The molecule has 1 fully saturated rings. The number of nitrogens with one attached hydrogen (secondary N) is 2. The van der Waals surface area contributed by atoms with Crippen LogP contribution >= 0.6 is 0 Å². The van der Waals surface area contributed by atoms with Crippen LogP contribution in [0.15, 0.2) is 0 Å². The molecule has 0 spiro atoms. The predicted molar refractivity (Wildman–Crippen MR) is 84.3 cm³/mol. The molecule has 1 aliphatic rings. The highest BCUT2D eigenvalue weighted by atomic mass is 16.6. The van der Waals surface area contributed by atoms with Crippen LogP contribution in [-0.2, 0) is 4.74 Å². The second-order valence-corrected chi connectivity index (χ2v) is 7.41.